The van der Waals surface area contributed by atoms with Crippen molar-refractivity contribution in [2.75, 3.05) is 12.0 Å². The molecule has 2 unspecified atom stereocenters. The number of nitrogens with one attached hydrogen (secondary N) is 1. The minimum atomic E-state index is 0.347. The van der Waals surface area contributed by atoms with Crippen molar-refractivity contribution in [3.05, 3.63) is 35.4 Å². The third kappa shape index (κ3) is 3.35. The smallest absolute Gasteiger partial charge is 0.0377 e. The van der Waals surface area contributed by atoms with E-state index in [-0.39, 0.29) is 0 Å². The summed E-state index contributed by atoms with van der Waals surface area (Å²) in [6.45, 7) is 7.11. The second kappa shape index (κ2) is 6.32. The monoisotopic (exact) mass is 277 g/mol. The predicted molar refractivity (Wildman–Crippen MR) is 86.9 cm³/mol. The van der Waals surface area contributed by atoms with E-state index in [1.165, 1.54) is 30.6 Å². The number of hydrogen-bond donors (Lipinski definition) is 1. The van der Waals surface area contributed by atoms with Crippen LogP contribution in [0.15, 0.2) is 24.3 Å². The summed E-state index contributed by atoms with van der Waals surface area (Å²) in [5.74, 6) is 1.20. The molecule has 1 aromatic carbocycles. The maximum atomic E-state index is 3.93. The summed E-state index contributed by atoms with van der Waals surface area (Å²) in [4.78, 5) is 0. The van der Waals surface area contributed by atoms with Crippen LogP contribution in [0.25, 0.3) is 0 Å². The topological polar surface area (TPSA) is 12.0 Å². The lowest BCUT2D eigenvalue weighted by Gasteiger charge is -2.42. The summed E-state index contributed by atoms with van der Waals surface area (Å²) in [5, 5.41) is 3.93. The highest BCUT2D eigenvalue weighted by atomic mass is 32.2. The zero-order valence-corrected chi connectivity index (χ0v) is 13.5. The van der Waals surface area contributed by atoms with Gasteiger partial charge in [-0.05, 0) is 42.1 Å². The van der Waals surface area contributed by atoms with Gasteiger partial charge in [-0.2, -0.15) is 11.8 Å². The van der Waals surface area contributed by atoms with E-state index in [1.54, 1.807) is 5.56 Å². The molecule has 0 amide bonds. The first kappa shape index (κ1) is 14.9. The average molecular weight is 277 g/mol. The first-order chi connectivity index (χ1) is 9.08. The fourth-order valence-corrected chi connectivity index (χ4v) is 3.84. The Labute approximate surface area is 122 Å². The number of benzene rings is 1. The molecule has 0 saturated heterocycles. The van der Waals surface area contributed by atoms with Crippen LogP contribution in [0, 0.1) is 5.41 Å². The standard InChI is InChI=1S/C17H27NS/c1-5-14(12-19-4)18-16-15-9-7-6-8-13(15)10-11-17(16,2)3/h6-9,14,16,18H,5,10-12H2,1-4H3. The molecule has 1 aliphatic rings. The van der Waals surface area contributed by atoms with Gasteiger partial charge in [0.2, 0.25) is 0 Å². The number of rotatable bonds is 5. The molecule has 2 heteroatoms. The Morgan fingerprint density at radius 3 is 2.79 bits per heavy atom. The van der Waals surface area contributed by atoms with Gasteiger partial charge in [0.1, 0.15) is 0 Å². The Balaban J connectivity index is 2.25. The van der Waals surface area contributed by atoms with E-state index in [2.05, 4.69) is 56.6 Å². The van der Waals surface area contributed by atoms with Crippen molar-refractivity contribution in [1.82, 2.24) is 5.32 Å². The Morgan fingerprint density at radius 1 is 1.37 bits per heavy atom. The van der Waals surface area contributed by atoms with Gasteiger partial charge in [0, 0.05) is 17.8 Å². The zero-order chi connectivity index (χ0) is 13.9. The molecule has 0 fully saturated rings. The minimum Gasteiger partial charge on any atom is -0.306 e. The largest absolute Gasteiger partial charge is 0.306 e. The van der Waals surface area contributed by atoms with Crippen molar-refractivity contribution in [1.29, 1.82) is 0 Å². The van der Waals surface area contributed by atoms with Crippen molar-refractivity contribution >= 4 is 11.8 Å². The van der Waals surface area contributed by atoms with Crippen LogP contribution in [0.2, 0.25) is 0 Å². The van der Waals surface area contributed by atoms with Gasteiger partial charge in [-0.15, -0.1) is 0 Å². The van der Waals surface area contributed by atoms with Crippen LogP contribution in [-0.2, 0) is 6.42 Å². The lowest BCUT2D eigenvalue weighted by Crippen LogP contribution is -2.43. The van der Waals surface area contributed by atoms with E-state index in [0.717, 1.165) is 0 Å². The molecule has 0 bridgehead atoms. The predicted octanol–water partition coefficient (Wildman–Crippen LogP) is 4.43. The molecular weight excluding hydrogens is 250 g/mol. The quantitative estimate of drug-likeness (QED) is 0.854. The summed E-state index contributed by atoms with van der Waals surface area (Å²) in [6, 6.07) is 10.1. The fourth-order valence-electron chi connectivity index (χ4n) is 3.10. The number of fused-ring (bicyclic) bond motifs is 1. The molecule has 1 aromatic rings. The molecule has 0 radical (unpaired) electrons. The Hall–Kier alpha value is -0.470. The lowest BCUT2D eigenvalue weighted by atomic mass is 9.70. The first-order valence-corrected chi connectivity index (χ1v) is 8.80. The highest BCUT2D eigenvalue weighted by Crippen LogP contribution is 2.43. The van der Waals surface area contributed by atoms with Crippen LogP contribution in [-0.4, -0.2) is 18.1 Å². The Morgan fingerprint density at radius 2 is 2.11 bits per heavy atom. The molecule has 1 aliphatic carbocycles. The molecule has 19 heavy (non-hydrogen) atoms. The van der Waals surface area contributed by atoms with Gasteiger partial charge in [-0.1, -0.05) is 45.0 Å². The van der Waals surface area contributed by atoms with Crippen molar-refractivity contribution < 1.29 is 0 Å². The van der Waals surface area contributed by atoms with Crippen LogP contribution < -0.4 is 5.32 Å². The van der Waals surface area contributed by atoms with Crippen molar-refractivity contribution in [3.8, 4) is 0 Å². The van der Waals surface area contributed by atoms with Gasteiger partial charge in [0.15, 0.2) is 0 Å². The van der Waals surface area contributed by atoms with Crippen molar-refractivity contribution in [2.24, 2.45) is 5.41 Å². The van der Waals surface area contributed by atoms with Crippen LogP contribution in [0.5, 0.6) is 0 Å². The second-order valence-electron chi connectivity index (χ2n) is 6.35. The van der Waals surface area contributed by atoms with Gasteiger partial charge in [-0.25, -0.2) is 0 Å². The maximum absolute atomic E-state index is 3.93. The van der Waals surface area contributed by atoms with Crippen LogP contribution >= 0.6 is 11.8 Å². The molecule has 0 aromatic heterocycles. The Kier molecular flexibility index (Phi) is 4.97. The third-order valence-electron chi connectivity index (χ3n) is 4.45. The highest BCUT2D eigenvalue weighted by molar-refractivity contribution is 7.98. The lowest BCUT2D eigenvalue weighted by molar-refractivity contribution is 0.196. The van der Waals surface area contributed by atoms with Crippen LogP contribution in [0.3, 0.4) is 0 Å². The highest BCUT2D eigenvalue weighted by Gasteiger charge is 2.36. The molecule has 0 heterocycles. The molecule has 106 valence electrons. The number of thioether (sulfide) groups is 1. The molecule has 2 rings (SSSR count). The van der Waals surface area contributed by atoms with Gasteiger partial charge in [-0.3, -0.25) is 0 Å². The molecular formula is C17H27NS. The number of hydrogen-bond acceptors (Lipinski definition) is 2. The first-order valence-electron chi connectivity index (χ1n) is 7.41. The SMILES string of the molecule is CCC(CSC)NC1c2ccccc2CCC1(C)C. The van der Waals surface area contributed by atoms with Crippen LogP contribution in [0.4, 0.5) is 0 Å². The van der Waals surface area contributed by atoms with Crippen molar-refractivity contribution in [2.45, 2.75) is 52.1 Å². The summed E-state index contributed by atoms with van der Waals surface area (Å²) in [5.41, 5.74) is 3.41. The van der Waals surface area contributed by atoms with Gasteiger partial charge in [0.25, 0.3) is 0 Å². The minimum absolute atomic E-state index is 0.347. The van der Waals surface area contributed by atoms with Gasteiger partial charge < -0.3 is 5.32 Å². The Bertz CT molecular complexity index is 413. The fraction of sp³-hybridized carbons (Fsp3) is 0.647. The molecule has 0 spiro atoms. The van der Waals surface area contributed by atoms with E-state index >= 15 is 0 Å². The van der Waals surface area contributed by atoms with Crippen LogP contribution in [0.1, 0.15) is 50.8 Å². The third-order valence-corrected chi connectivity index (χ3v) is 5.18. The summed E-state index contributed by atoms with van der Waals surface area (Å²) >= 11 is 1.94. The molecule has 1 nitrogen and oxygen atoms in total. The van der Waals surface area contributed by atoms with E-state index < -0.39 is 0 Å². The van der Waals surface area contributed by atoms with Gasteiger partial charge in [0.05, 0.1) is 0 Å². The van der Waals surface area contributed by atoms with E-state index in [0.29, 0.717) is 17.5 Å². The molecule has 0 aliphatic heterocycles. The summed E-state index contributed by atoms with van der Waals surface area (Å²) in [6.07, 6.45) is 5.90. The average Bonchev–Trinajstić information content (AvgIpc) is 2.41. The molecule has 0 saturated carbocycles. The normalized spacial score (nSPS) is 22.8. The number of aryl methyl sites for hydroxylation is 1. The van der Waals surface area contributed by atoms with Gasteiger partial charge >= 0.3 is 0 Å². The second-order valence-corrected chi connectivity index (χ2v) is 7.26. The molecule has 1 N–H and O–H groups in total. The molecule has 2 atom stereocenters. The summed E-state index contributed by atoms with van der Waals surface area (Å²) < 4.78 is 0. The summed E-state index contributed by atoms with van der Waals surface area (Å²) in [7, 11) is 0. The van der Waals surface area contributed by atoms with E-state index in [1.807, 2.05) is 11.8 Å². The zero-order valence-electron chi connectivity index (χ0n) is 12.7. The van der Waals surface area contributed by atoms with Crippen molar-refractivity contribution in [3.63, 3.8) is 0 Å². The maximum Gasteiger partial charge on any atom is 0.0377 e. The van der Waals surface area contributed by atoms with E-state index in [4.69, 9.17) is 0 Å². The van der Waals surface area contributed by atoms with E-state index in [9.17, 15) is 0 Å².